The maximum absolute atomic E-state index is 12.8. The first kappa shape index (κ1) is 14.7. The molecule has 0 saturated carbocycles. The van der Waals surface area contributed by atoms with Crippen molar-refractivity contribution in [3.63, 3.8) is 0 Å². The molecule has 1 heterocycles. The first-order chi connectivity index (χ1) is 9.65. The molecule has 1 atom stereocenters. The number of benzene rings is 1. The number of carbonyl (C=O) groups is 1. The molecule has 2 rings (SSSR count). The standard InChI is InChI=1S/C15H19FN2O2/c1-18(11-14-10-17-8-9-20-14)15(19)7-4-12-2-5-13(16)6-3-12/h2-7,14,17H,8-11H2,1H3/b7-4+. The van der Waals surface area contributed by atoms with Gasteiger partial charge in [0, 0.05) is 32.8 Å². The Morgan fingerprint density at radius 3 is 2.90 bits per heavy atom. The summed E-state index contributed by atoms with van der Waals surface area (Å²) in [6, 6.07) is 6.01. The number of hydrogen-bond acceptors (Lipinski definition) is 3. The van der Waals surface area contributed by atoms with E-state index in [0.717, 1.165) is 18.7 Å². The van der Waals surface area contributed by atoms with Crippen molar-refractivity contribution in [3.05, 3.63) is 41.7 Å². The molecule has 20 heavy (non-hydrogen) atoms. The first-order valence-corrected chi connectivity index (χ1v) is 6.66. The van der Waals surface area contributed by atoms with Crippen molar-refractivity contribution < 1.29 is 13.9 Å². The predicted molar refractivity (Wildman–Crippen MR) is 75.7 cm³/mol. The maximum atomic E-state index is 12.8. The van der Waals surface area contributed by atoms with Crippen LogP contribution in [0.2, 0.25) is 0 Å². The Hall–Kier alpha value is -1.72. The molecule has 1 amide bonds. The van der Waals surface area contributed by atoms with Crippen LogP contribution in [0.25, 0.3) is 6.08 Å². The van der Waals surface area contributed by atoms with Gasteiger partial charge in [-0.05, 0) is 23.8 Å². The summed E-state index contributed by atoms with van der Waals surface area (Å²) in [6.07, 6.45) is 3.21. The summed E-state index contributed by atoms with van der Waals surface area (Å²) in [5, 5.41) is 3.23. The maximum Gasteiger partial charge on any atom is 0.246 e. The predicted octanol–water partition coefficient (Wildman–Crippen LogP) is 1.29. The van der Waals surface area contributed by atoms with Gasteiger partial charge in [0.15, 0.2) is 0 Å². The molecule has 1 aromatic rings. The third-order valence-corrected chi connectivity index (χ3v) is 3.15. The number of hydrogen-bond donors (Lipinski definition) is 1. The minimum atomic E-state index is -0.285. The van der Waals surface area contributed by atoms with Crippen LogP contribution in [0, 0.1) is 5.82 Å². The van der Waals surface area contributed by atoms with Crippen molar-refractivity contribution in [2.24, 2.45) is 0 Å². The Bertz CT molecular complexity index is 467. The van der Waals surface area contributed by atoms with Crippen LogP contribution in [0.4, 0.5) is 4.39 Å². The zero-order valence-electron chi connectivity index (χ0n) is 11.5. The molecule has 0 aliphatic carbocycles. The van der Waals surface area contributed by atoms with E-state index in [1.165, 1.54) is 18.2 Å². The van der Waals surface area contributed by atoms with Gasteiger partial charge in [0.05, 0.1) is 12.7 Å². The summed E-state index contributed by atoms with van der Waals surface area (Å²) in [4.78, 5) is 13.6. The molecule has 1 aromatic carbocycles. The smallest absolute Gasteiger partial charge is 0.246 e. The quantitative estimate of drug-likeness (QED) is 0.844. The second-order valence-electron chi connectivity index (χ2n) is 4.80. The summed E-state index contributed by atoms with van der Waals surface area (Å²) < 4.78 is 18.3. The van der Waals surface area contributed by atoms with Crippen LogP contribution in [-0.4, -0.2) is 50.2 Å². The number of ether oxygens (including phenoxy) is 1. The second-order valence-corrected chi connectivity index (χ2v) is 4.80. The molecule has 1 saturated heterocycles. The number of likely N-dealkylation sites (N-methyl/N-ethyl adjacent to an activating group) is 1. The Labute approximate surface area is 118 Å². The summed E-state index contributed by atoms with van der Waals surface area (Å²) >= 11 is 0. The molecule has 0 spiro atoms. The van der Waals surface area contributed by atoms with E-state index < -0.39 is 0 Å². The lowest BCUT2D eigenvalue weighted by Crippen LogP contribution is -2.45. The van der Waals surface area contributed by atoms with E-state index in [1.807, 2.05) is 0 Å². The molecule has 1 aliphatic heterocycles. The van der Waals surface area contributed by atoms with E-state index >= 15 is 0 Å². The van der Waals surface area contributed by atoms with Crippen LogP contribution >= 0.6 is 0 Å². The molecule has 0 radical (unpaired) electrons. The van der Waals surface area contributed by atoms with Gasteiger partial charge >= 0.3 is 0 Å². The van der Waals surface area contributed by atoms with Gasteiger partial charge in [-0.3, -0.25) is 4.79 Å². The van der Waals surface area contributed by atoms with E-state index in [0.29, 0.717) is 13.2 Å². The number of morpholine rings is 1. The van der Waals surface area contributed by atoms with Crippen molar-refractivity contribution in [3.8, 4) is 0 Å². The van der Waals surface area contributed by atoms with E-state index in [2.05, 4.69) is 5.32 Å². The average Bonchev–Trinajstić information content (AvgIpc) is 2.47. The van der Waals surface area contributed by atoms with Crippen molar-refractivity contribution in [2.75, 3.05) is 33.3 Å². The highest BCUT2D eigenvalue weighted by molar-refractivity contribution is 5.91. The Morgan fingerprint density at radius 1 is 1.50 bits per heavy atom. The summed E-state index contributed by atoms with van der Waals surface area (Å²) in [5.41, 5.74) is 0.795. The molecule has 0 aromatic heterocycles. The van der Waals surface area contributed by atoms with Gasteiger partial charge in [0.1, 0.15) is 5.82 Å². The minimum Gasteiger partial charge on any atom is -0.374 e. The van der Waals surface area contributed by atoms with E-state index in [-0.39, 0.29) is 17.8 Å². The molecule has 1 aliphatic rings. The largest absolute Gasteiger partial charge is 0.374 e. The van der Waals surface area contributed by atoms with Crippen LogP contribution in [0.1, 0.15) is 5.56 Å². The summed E-state index contributed by atoms with van der Waals surface area (Å²) in [7, 11) is 1.75. The number of halogens is 1. The molecule has 1 fully saturated rings. The number of rotatable bonds is 4. The van der Waals surface area contributed by atoms with Gasteiger partial charge in [-0.25, -0.2) is 4.39 Å². The van der Waals surface area contributed by atoms with Gasteiger partial charge in [0.2, 0.25) is 5.91 Å². The van der Waals surface area contributed by atoms with Gasteiger partial charge in [-0.2, -0.15) is 0 Å². The summed E-state index contributed by atoms with van der Waals surface area (Å²) in [5.74, 6) is -0.379. The lowest BCUT2D eigenvalue weighted by atomic mass is 10.2. The van der Waals surface area contributed by atoms with Crippen LogP contribution < -0.4 is 5.32 Å². The zero-order chi connectivity index (χ0) is 14.4. The SMILES string of the molecule is CN(CC1CNCCO1)C(=O)/C=C/c1ccc(F)cc1. The molecular formula is C15H19FN2O2. The van der Waals surface area contributed by atoms with Gasteiger partial charge < -0.3 is 15.0 Å². The third-order valence-electron chi connectivity index (χ3n) is 3.15. The number of nitrogens with zero attached hydrogens (tertiary/aromatic N) is 1. The highest BCUT2D eigenvalue weighted by Crippen LogP contribution is 2.05. The molecule has 1 unspecified atom stereocenters. The highest BCUT2D eigenvalue weighted by atomic mass is 19.1. The molecule has 5 heteroatoms. The monoisotopic (exact) mass is 278 g/mol. The number of amides is 1. The topological polar surface area (TPSA) is 41.6 Å². The molecule has 1 N–H and O–H groups in total. The average molecular weight is 278 g/mol. The number of carbonyl (C=O) groups excluding carboxylic acids is 1. The Balaban J connectivity index is 1.85. The Morgan fingerprint density at radius 2 is 2.25 bits per heavy atom. The summed E-state index contributed by atoms with van der Waals surface area (Å²) in [6.45, 7) is 2.86. The molecule has 108 valence electrons. The lowest BCUT2D eigenvalue weighted by Gasteiger charge is -2.27. The number of nitrogens with one attached hydrogen (secondary N) is 1. The van der Waals surface area contributed by atoms with Crippen LogP contribution in [-0.2, 0) is 9.53 Å². The lowest BCUT2D eigenvalue weighted by molar-refractivity contribution is -0.126. The second kappa shape index (κ2) is 7.17. The fraction of sp³-hybridized carbons (Fsp3) is 0.400. The molecule has 0 bridgehead atoms. The van der Waals surface area contributed by atoms with Gasteiger partial charge in [-0.15, -0.1) is 0 Å². The third kappa shape index (κ3) is 4.43. The Kier molecular flexibility index (Phi) is 5.26. The van der Waals surface area contributed by atoms with E-state index in [4.69, 9.17) is 4.74 Å². The fourth-order valence-electron chi connectivity index (χ4n) is 2.00. The molecule has 4 nitrogen and oxygen atoms in total. The molecular weight excluding hydrogens is 259 g/mol. The minimum absolute atomic E-state index is 0.0388. The van der Waals surface area contributed by atoms with Crippen LogP contribution in [0.5, 0.6) is 0 Å². The van der Waals surface area contributed by atoms with Crippen LogP contribution in [0.3, 0.4) is 0 Å². The van der Waals surface area contributed by atoms with Crippen LogP contribution in [0.15, 0.2) is 30.3 Å². The van der Waals surface area contributed by atoms with E-state index in [9.17, 15) is 9.18 Å². The zero-order valence-corrected chi connectivity index (χ0v) is 11.5. The first-order valence-electron chi connectivity index (χ1n) is 6.66. The van der Waals surface area contributed by atoms with Crippen molar-refractivity contribution in [2.45, 2.75) is 6.10 Å². The van der Waals surface area contributed by atoms with Crippen molar-refractivity contribution >= 4 is 12.0 Å². The normalized spacial score (nSPS) is 19.2. The fourth-order valence-corrected chi connectivity index (χ4v) is 2.00. The van der Waals surface area contributed by atoms with Gasteiger partial charge in [-0.1, -0.05) is 12.1 Å². The van der Waals surface area contributed by atoms with Crippen molar-refractivity contribution in [1.29, 1.82) is 0 Å². The van der Waals surface area contributed by atoms with E-state index in [1.54, 1.807) is 30.2 Å². The van der Waals surface area contributed by atoms with Crippen molar-refractivity contribution in [1.82, 2.24) is 10.2 Å². The van der Waals surface area contributed by atoms with Gasteiger partial charge in [0.25, 0.3) is 0 Å². The highest BCUT2D eigenvalue weighted by Gasteiger charge is 2.17.